The lowest BCUT2D eigenvalue weighted by molar-refractivity contribution is -0.138. The number of piperidine rings is 2. The molecule has 12 nitrogen and oxygen atoms in total. The van der Waals surface area contributed by atoms with Crippen LogP contribution in [0.25, 0.3) is 22.3 Å². The molecule has 2 fully saturated rings. The van der Waals surface area contributed by atoms with Crippen LogP contribution in [0.15, 0.2) is 192 Å². The molecule has 8 aromatic carbocycles. The molecule has 4 aliphatic heterocycles. The number of halogens is 10. The predicted octanol–water partition coefficient (Wildman–Crippen LogP) is 17.5. The van der Waals surface area contributed by atoms with Gasteiger partial charge in [-0.2, -0.15) is 26.3 Å². The number of hydrogen-bond donors (Lipinski definition) is 2. The van der Waals surface area contributed by atoms with E-state index in [0.29, 0.717) is 17.8 Å². The van der Waals surface area contributed by atoms with Crippen molar-refractivity contribution in [2.75, 3.05) is 89.3 Å². The lowest BCUT2D eigenvalue weighted by atomic mass is 9.99. The van der Waals surface area contributed by atoms with Gasteiger partial charge in [0.05, 0.1) is 53.6 Å². The molecule has 0 radical (unpaired) electrons. The Bertz CT molecular complexity index is 6040. The van der Waals surface area contributed by atoms with E-state index >= 15 is 18.4 Å². The van der Waals surface area contributed by atoms with E-state index in [-0.39, 0.29) is 91.2 Å². The highest BCUT2D eigenvalue weighted by molar-refractivity contribution is 8.02. The minimum absolute atomic E-state index is 0.0312. The van der Waals surface area contributed by atoms with E-state index in [1.807, 2.05) is 0 Å². The van der Waals surface area contributed by atoms with Crippen molar-refractivity contribution in [3.63, 3.8) is 0 Å². The van der Waals surface area contributed by atoms with Crippen molar-refractivity contribution in [1.29, 1.82) is 0 Å². The maximum Gasteiger partial charge on any atom is 0.416 e. The third-order valence-electron chi connectivity index (χ3n) is 15.8. The van der Waals surface area contributed by atoms with Gasteiger partial charge in [0.25, 0.3) is 0 Å². The normalized spacial score (nSPS) is 26.1. The highest BCUT2D eigenvalue weighted by Crippen LogP contribution is 2.44. The van der Waals surface area contributed by atoms with E-state index in [1.54, 1.807) is 0 Å². The van der Waals surface area contributed by atoms with E-state index in [9.17, 15) is 64.5 Å². The quantitative estimate of drug-likeness (QED) is 0.0562. The van der Waals surface area contributed by atoms with E-state index in [4.69, 9.17) is 34.1 Å². The zero-order valence-corrected chi connectivity index (χ0v) is 57.7. The molecule has 8 aromatic rings. The van der Waals surface area contributed by atoms with Crippen LogP contribution in [0.3, 0.4) is 0 Å². The molecule has 12 rings (SSSR count). The minimum Gasteiger partial charge on any atom is -0.384 e. The average molecular weight is 1540 g/mol. The number of ether oxygens (including phenoxy) is 2. The molecule has 2 saturated heterocycles. The Labute approximate surface area is 664 Å². The smallest absolute Gasteiger partial charge is 0.384 e. The zero-order chi connectivity index (χ0) is 104. The van der Waals surface area contributed by atoms with Crippen LogP contribution in [0.1, 0.15) is 137 Å². The number of thioether (sulfide) groups is 2. The summed E-state index contributed by atoms with van der Waals surface area (Å²) in [6.45, 7) is -26.0. The first-order chi connectivity index (χ1) is 63.3. The number of aliphatic hydroxyl groups excluding tert-OH is 2. The number of likely N-dealkylation sites (tertiary alicyclic amines) is 2. The van der Waals surface area contributed by atoms with Crippen molar-refractivity contribution in [3.8, 4) is 22.3 Å². The molecule has 0 spiro atoms. The second-order valence-electron chi connectivity index (χ2n) is 23.2. The highest BCUT2D eigenvalue weighted by atomic mass is 32.2. The number of aliphatic hydroxyl groups is 2. The summed E-state index contributed by atoms with van der Waals surface area (Å²) < 4.78 is 441. The fourth-order valence-electron chi connectivity index (χ4n) is 10.3. The average Bonchev–Trinajstić information content (AvgIpc) is 0.666. The van der Waals surface area contributed by atoms with E-state index in [0.717, 1.165) is 112 Å². The molecule has 560 valence electrons. The third-order valence-corrected chi connectivity index (χ3v) is 17.7. The molecule has 2 unspecified atom stereocenters. The maximum atomic E-state index is 15.6. The molecule has 4 heterocycles. The maximum absolute atomic E-state index is 15.6. The number of alkyl halides is 6. The fraction of sp³-hybridized carbons (Fsp3) is 0.341. The number of carbonyl (C=O) groups is 2. The summed E-state index contributed by atoms with van der Waals surface area (Å²) in [6.07, 6.45) is -30.2. The SMILES string of the molecule is [2H]C1=C(SC([2H])([2H])c2cccc(F)c2F)N(C([2H])([2H])C(=O)N(Cc2ccc(-c3ccc(C(F)(F)F)cc3)cc2)C2([2H])C([2H])([2H])C([2H])([2H])N(CCOC)C([2H])([2H])C2([2H])[2H])c2c([2H])c([2H])c(C)c([2H])c2C1O.[2H]C1=C(SCc2cccc(F)c2F)N(C([2H])([2H])C(=O)N(Cc2ccc(-c3ccc(C(F)(F)F)cc3)cc2)C2([2H])C([2H])([2H])C([2H])([2H])N(CCOC)C([2H])([2H])C2([2H])[2H])c2c([2H])c([2H])c(C)c([2H])c2C1O. The summed E-state index contributed by atoms with van der Waals surface area (Å²) in [5, 5.41) is 21.0. The molecule has 0 aliphatic carbocycles. The molecule has 24 heteroatoms. The zero-order valence-electron chi connectivity index (χ0n) is 88.1. The first kappa shape index (κ1) is 46.7. The second-order valence-corrected chi connectivity index (χ2v) is 24.9. The first-order valence-corrected chi connectivity index (χ1v) is 33.5. The summed E-state index contributed by atoms with van der Waals surface area (Å²) in [5.74, 6) is -11.1. The summed E-state index contributed by atoms with van der Waals surface area (Å²) in [5.41, 5.74) is -10.1. The number of hydrogen-bond acceptors (Lipinski definition) is 12. The number of rotatable bonds is 24. The second kappa shape index (κ2) is 35.5. The lowest BCUT2D eigenvalue weighted by Crippen LogP contribution is -2.50. The standard InChI is InChI=1S/2C41H42F5N3O3S/c2*1-27-6-15-36-34(22-27)37(50)23-39(53-26-31-4-3-5-35(42)40(31)43)49(36)25-38(51)48(33-16-18-47(19-17-33)20-21-52-2)24-28-7-9-29(10-8-28)30-11-13-32(14-12-30)41(44,45)46/h2*3-15,22-23,33,37,50H,16-21,24-26H2,1-2H3/i6D,15D,16D2,17D2,18D2,19D2,22D,23D,25D2,26D2,33D;6D,15D,16D2,17D2,18D2,19D2,22D,23D,25D2,33D. The molecule has 2 atom stereocenters. The molecule has 0 bridgehead atoms. The number of amides is 2. The molecule has 2 amide bonds. The van der Waals surface area contributed by atoms with Crippen LogP contribution in [0.2, 0.25) is 0 Å². The largest absolute Gasteiger partial charge is 0.416 e. The molecular formula is C82H84F10N6O6S2. The molecule has 0 aromatic heterocycles. The lowest BCUT2D eigenvalue weighted by Gasteiger charge is -2.40. The Morgan fingerprint density at radius 1 is 0.547 bits per heavy atom. The van der Waals surface area contributed by atoms with E-state index in [2.05, 4.69) is 0 Å². The van der Waals surface area contributed by atoms with Crippen molar-refractivity contribution in [3.05, 3.63) is 271 Å². The van der Waals surface area contributed by atoms with Gasteiger partial charge in [0, 0.05) is 148 Å². The number of fused-ring (bicyclic) bond motifs is 2. The van der Waals surface area contributed by atoms with Crippen molar-refractivity contribution in [1.82, 2.24) is 19.6 Å². The fourth-order valence-corrected chi connectivity index (χ4v) is 12.1. The van der Waals surface area contributed by atoms with Crippen molar-refractivity contribution in [2.45, 2.75) is 100 Å². The molecule has 2 N–H and O–H groups in total. The Morgan fingerprint density at radius 2 is 0.915 bits per heavy atom. The molecule has 0 saturated carbocycles. The number of nitrogens with zero attached hydrogens (tertiary/aromatic N) is 6. The van der Waals surface area contributed by atoms with Crippen LogP contribution in [-0.4, -0.2) is 133 Å². The van der Waals surface area contributed by atoms with Crippen molar-refractivity contribution < 1.29 is 117 Å². The monoisotopic (exact) mass is 1530 g/mol. The van der Waals surface area contributed by atoms with Crippen molar-refractivity contribution >= 4 is 46.7 Å². The van der Waals surface area contributed by atoms with Gasteiger partial charge < -0.3 is 49.1 Å². The Kier molecular flexibility index (Phi) is 15.6. The van der Waals surface area contributed by atoms with Crippen LogP contribution in [0.5, 0.6) is 0 Å². The summed E-state index contributed by atoms with van der Waals surface area (Å²) in [4.78, 5) is 31.4. The van der Waals surface area contributed by atoms with Gasteiger partial charge in [0.2, 0.25) is 11.8 Å². The Balaban J connectivity index is 0.000000265. The Morgan fingerprint density at radius 3 is 1.30 bits per heavy atom. The molecule has 106 heavy (non-hydrogen) atoms. The predicted molar refractivity (Wildman–Crippen MR) is 396 cm³/mol. The van der Waals surface area contributed by atoms with Gasteiger partial charge in [-0.3, -0.25) is 9.59 Å². The third kappa shape index (κ3) is 19.8. The topological polar surface area (TPSA) is 113 Å². The Hall–Kier alpha value is -8.46. The number of carbonyl (C=O) groups excluding carboxylic acids is 2. The van der Waals surface area contributed by atoms with Gasteiger partial charge >= 0.3 is 12.4 Å². The number of methoxy groups -OCH3 is 2. The van der Waals surface area contributed by atoms with Gasteiger partial charge in [0.1, 0.15) is 25.2 Å². The molecule has 4 aliphatic rings. The van der Waals surface area contributed by atoms with Crippen LogP contribution < -0.4 is 9.80 Å². The number of anilines is 2. The van der Waals surface area contributed by atoms with Gasteiger partial charge in [-0.05, 0) is 133 Å². The molecular weight excluding hydrogens is 1420 g/mol. The minimum atomic E-state index is -4.68. The van der Waals surface area contributed by atoms with E-state index in [1.165, 1.54) is 43.3 Å². The highest BCUT2D eigenvalue weighted by Gasteiger charge is 2.37. The van der Waals surface area contributed by atoms with Gasteiger partial charge in [-0.1, -0.05) is 132 Å². The van der Waals surface area contributed by atoms with Gasteiger partial charge in [-0.15, -0.1) is 23.5 Å². The van der Waals surface area contributed by atoms with Crippen molar-refractivity contribution in [2.24, 2.45) is 0 Å². The summed E-state index contributed by atoms with van der Waals surface area (Å²) >= 11 is 0.00618. The van der Waals surface area contributed by atoms with Crippen LogP contribution >= 0.6 is 23.5 Å². The van der Waals surface area contributed by atoms with Gasteiger partial charge in [0.15, 0.2) is 23.3 Å². The number of benzene rings is 8. The van der Waals surface area contributed by atoms with Crippen LogP contribution in [0, 0.1) is 37.1 Å². The summed E-state index contributed by atoms with van der Waals surface area (Å²) in [6, 6.07) is 7.27. The van der Waals surface area contributed by atoms with Gasteiger partial charge in [-0.25, -0.2) is 17.6 Å². The van der Waals surface area contributed by atoms with Crippen LogP contribution in [-0.2, 0) is 56.0 Å². The van der Waals surface area contributed by atoms with E-state index < -0.39 is 285 Å². The first-order valence-electron chi connectivity index (χ1n) is 47.7. The van der Waals surface area contributed by atoms with Crippen LogP contribution in [0.4, 0.5) is 55.3 Å². The summed E-state index contributed by atoms with van der Waals surface area (Å²) in [7, 11) is 2.27.